The highest BCUT2D eigenvalue weighted by Gasteiger charge is 2.35. The van der Waals surface area contributed by atoms with Crippen molar-refractivity contribution in [3.63, 3.8) is 0 Å². The maximum absolute atomic E-state index is 11.8. The minimum Gasteiger partial charge on any atom is -0.380 e. The van der Waals surface area contributed by atoms with Gasteiger partial charge in [-0.1, -0.05) is 13.8 Å². The molecule has 2 atom stereocenters. The Labute approximate surface area is 102 Å². The molecule has 0 aromatic rings. The van der Waals surface area contributed by atoms with Gasteiger partial charge in [-0.05, 0) is 19.3 Å². The van der Waals surface area contributed by atoms with Gasteiger partial charge in [0.15, 0.2) is 0 Å². The molecule has 98 valence electrons. The number of piperazine rings is 1. The molecule has 1 saturated heterocycles. The molecule has 0 saturated carbocycles. The van der Waals surface area contributed by atoms with Gasteiger partial charge in [-0.2, -0.15) is 0 Å². The van der Waals surface area contributed by atoms with E-state index in [1.165, 1.54) is 0 Å². The number of nitrogens with zero attached hydrogens (tertiary/aromatic N) is 1. The summed E-state index contributed by atoms with van der Waals surface area (Å²) in [5, 5.41) is 2.64. The number of carbonyl (C=O) groups excluding carboxylic acids is 2. The number of amides is 2. The Balaban J connectivity index is 2.76. The van der Waals surface area contributed by atoms with Gasteiger partial charge < -0.3 is 15.0 Å². The maximum Gasteiger partial charge on any atom is 0.243 e. The molecule has 0 aromatic carbocycles. The minimum absolute atomic E-state index is 0.0286. The summed E-state index contributed by atoms with van der Waals surface area (Å²) in [5.41, 5.74) is 0. The molecule has 5 nitrogen and oxygen atoms in total. The van der Waals surface area contributed by atoms with Gasteiger partial charge in [-0.25, -0.2) is 0 Å². The van der Waals surface area contributed by atoms with Gasteiger partial charge in [-0.15, -0.1) is 0 Å². The van der Waals surface area contributed by atoms with Crippen LogP contribution in [0.4, 0.5) is 0 Å². The van der Waals surface area contributed by atoms with Crippen LogP contribution >= 0.6 is 0 Å². The van der Waals surface area contributed by atoms with E-state index in [9.17, 15) is 9.59 Å². The van der Waals surface area contributed by atoms with Crippen LogP contribution in [0.2, 0.25) is 0 Å². The molecule has 1 N–H and O–H groups in total. The van der Waals surface area contributed by atoms with E-state index in [4.69, 9.17) is 4.74 Å². The summed E-state index contributed by atoms with van der Waals surface area (Å²) in [6.45, 7) is 6.56. The summed E-state index contributed by atoms with van der Waals surface area (Å²) in [6.07, 6.45) is 0.632. The van der Waals surface area contributed by atoms with Crippen LogP contribution in [0, 0.1) is 5.92 Å². The molecule has 1 heterocycles. The molecule has 1 aliphatic heterocycles. The van der Waals surface area contributed by atoms with Crippen molar-refractivity contribution in [2.45, 2.75) is 39.3 Å². The zero-order valence-corrected chi connectivity index (χ0v) is 11.0. The Morgan fingerprint density at radius 2 is 2.06 bits per heavy atom. The molecule has 1 fully saturated rings. The van der Waals surface area contributed by atoms with E-state index >= 15 is 0 Å². The van der Waals surface area contributed by atoms with Crippen LogP contribution < -0.4 is 5.32 Å². The van der Waals surface area contributed by atoms with E-state index in [1.807, 2.05) is 20.8 Å². The Bertz CT molecular complexity index is 291. The second-order valence-corrected chi connectivity index (χ2v) is 4.96. The number of methoxy groups -OCH3 is 1. The van der Waals surface area contributed by atoms with Gasteiger partial charge in [0.05, 0.1) is 12.6 Å². The number of hydrogen-bond acceptors (Lipinski definition) is 3. The number of rotatable bonds is 5. The predicted molar refractivity (Wildman–Crippen MR) is 64.4 cm³/mol. The highest BCUT2D eigenvalue weighted by atomic mass is 16.5. The molecule has 2 amide bonds. The molecular formula is C12H22N2O3. The van der Waals surface area contributed by atoms with E-state index in [-0.39, 0.29) is 30.5 Å². The van der Waals surface area contributed by atoms with Crippen molar-refractivity contribution in [1.82, 2.24) is 10.2 Å². The fraction of sp³-hybridized carbons (Fsp3) is 0.833. The van der Waals surface area contributed by atoms with Crippen LogP contribution in [0.3, 0.4) is 0 Å². The van der Waals surface area contributed by atoms with Crippen molar-refractivity contribution in [2.75, 3.05) is 20.2 Å². The fourth-order valence-corrected chi connectivity index (χ4v) is 1.96. The van der Waals surface area contributed by atoms with Crippen molar-refractivity contribution >= 4 is 11.8 Å². The quantitative estimate of drug-likeness (QED) is 0.759. The lowest BCUT2D eigenvalue weighted by atomic mass is 9.99. The average molecular weight is 242 g/mol. The SMILES string of the molecule is COC(C)CN1C(=O)CNC(=O)C1CC(C)C. The zero-order chi connectivity index (χ0) is 13.0. The van der Waals surface area contributed by atoms with E-state index in [1.54, 1.807) is 12.0 Å². The minimum atomic E-state index is -0.353. The molecular weight excluding hydrogens is 220 g/mol. The standard InChI is InChI=1S/C12H22N2O3/c1-8(2)5-10-12(16)13-6-11(15)14(10)7-9(3)17-4/h8-10H,5-7H2,1-4H3,(H,13,16). The highest BCUT2D eigenvalue weighted by Crippen LogP contribution is 2.16. The lowest BCUT2D eigenvalue weighted by molar-refractivity contribution is -0.147. The smallest absolute Gasteiger partial charge is 0.243 e. The maximum atomic E-state index is 11.8. The molecule has 1 rings (SSSR count). The summed E-state index contributed by atoms with van der Waals surface area (Å²) in [6, 6.07) is -0.353. The topological polar surface area (TPSA) is 58.6 Å². The molecule has 0 radical (unpaired) electrons. The van der Waals surface area contributed by atoms with Crippen LogP contribution in [0.5, 0.6) is 0 Å². The first-order valence-corrected chi connectivity index (χ1v) is 6.05. The number of nitrogens with one attached hydrogen (secondary N) is 1. The van der Waals surface area contributed by atoms with Gasteiger partial charge >= 0.3 is 0 Å². The Morgan fingerprint density at radius 3 is 2.59 bits per heavy atom. The van der Waals surface area contributed by atoms with Gasteiger partial charge in [0.25, 0.3) is 0 Å². The van der Waals surface area contributed by atoms with Crippen LogP contribution in [0.1, 0.15) is 27.2 Å². The summed E-state index contributed by atoms with van der Waals surface area (Å²) >= 11 is 0. The van der Waals surface area contributed by atoms with Crippen molar-refractivity contribution in [2.24, 2.45) is 5.92 Å². The predicted octanol–water partition coefficient (Wildman–Crippen LogP) is 0.394. The van der Waals surface area contributed by atoms with Gasteiger partial charge in [0.1, 0.15) is 6.04 Å². The van der Waals surface area contributed by atoms with Gasteiger partial charge in [0.2, 0.25) is 11.8 Å². The third-order valence-corrected chi connectivity index (χ3v) is 2.96. The van der Waals surface area contributed by atoms with Crippen molar-refractivity contribution < 1.29 is 14.3 Å². The molecule has 0 bridgehead atoms. The Hall–Kier alpha value is -1.10. The first-order chi connectivity index (χ1) is 7.95. The second-order valence-electron chi connectivity index (χ2n) is 4.96. The highest BCUT2D eigenvalue weighted by molar-refractivity contribution is 5.94. The zero-order valence-electron chi connectivity index (χ0n) is 11.0. The Kier molecular flexibility index (Phi) is 4.93. The third-order valence-electron chi connectivity index (χ3n) is 2.96. The number of ether oxygens (including phenoxy) is 1. The van der Waals surface area contributed by atoms with Crippen molar-refractivity contribution in [3.05, 3.63) is 0 Å². The molecule has 2 unspecified atom stereocenters. The fourth-order valence-electron chi connectivity index (χ4n) is 1.96. The summed E-state index contributed by atoms with van der Waals surface area (Å²) in [5.74, 6) is 0.290. The Morgan fingerprint density at radius 1 is 1.41 bits per heavy atom. The normalized spacial score (nSPS) is 22.9. The average Bonchev–Trinajstić information content (AvgIpc) is 2.27. The molecule has 0 aromatic heterocycles. The monoisotopic (exact) mass is 242 g/mol. The lowest BCUT2D eigenvalue weighted by Crippen LogP contribution is -2.60. The summed E-state index contributed by atoms with van der Waals surface area (Å²) in [7, 11) is 1.61. The van der Waals surface area contributed by atoms with E-state index in [0.29, 0.717) is 18.9 Å². The van der Waals surface area contributed by atoms with Crippen molar-refractivity contribution in [3.8, 4) is 0 Å². The summed E-state index contributed by atoms with van der Waals surface area (Å²) in [4.78, 5) is 25.3. The number of carbonyl (C=O) groups is 2. The number of hydrogen-bond donors (Lipinski definition) is 1. The van der Waals surface area contributed by atoms with Crippen LogP contribution in [-0.4, -0.2) is 49.1 Å². The molecule has 1 aliphatic rings. The summed E-state index contributed by atoms with van der Waals surface area (Å²) < 4.78 is 5.16. The molecule has 17 heavy (non-hydrogen) atoms. The first-order valence-electron chi connectivity index (χ1n) is 6.05. The molecule has 5 heteroatoms. The third kappa shape index (κ3) is 3.70. The van der Waals surface area contributed by atoms with E-state index in [0.717, 1.165) is 0 Å². The lowest BCUT2D eigenvalue weighted by Gasteiger charge is -2.37. The molecule has 0 aliphatic carbocycles. The van der Waals surface area contributed by atoms with Gasteiger partial charge in [0, 0.05) is 13.7 Å². The van der Waals surface area contributed by atoms with Gasteiger partial charge in [-0.3, -0.25) is 9.59 Å². The second kappa shape index (κ2) is 6.00. The van der Waals surface area contributed by atoms with Crippen LogP contribution in [-0.2, 0) is 14.3 Å². The van der Waals surface area contributed by atoms with Crippen molar-refractivity contribution in [1.29, 1.82) is 0 Å². The molecule has 0 spiro atoms. The van der Waals surface area contributed by atoms with Crippen LogP contribution in [0.15, 0.2) is 0 Å². The largest absolute Gasteiger partial charge is 0.380 e. The first kappa shape index (κ1) is 14.0. The van der Waals surface area contributed by atoms with E-state index < -0.39 is 0 Å². The van der Waals surface area contributed by atoms with E-state index in [2.05, 4.69) is 5.32 Å². The van der Waals surface area contributed by atoms with Crippen LogP contribution in [0.25, 0.3) is 0 Å².